The van der Waals surface area contributed by atoms with E-state index in [1.807, 2.05) is 26.1 Å². The molecule has 0 aliphatic carbocycles. The summed E-state index contributed by atoms with van der Waals surface area (Å²) < 4.78 is 5.37. The number of nitrogens with one attached hydrogen (secondary N) is 1. The van der Waals surface area contributed by atoms with Crippen molar-refractivity contribution in [3.05, 3.63) is 29.8 Å². The molecule has 5 nitrogen and oxygen atoms in total. The maximum absolute atomic E-state index is 12.5. The maximum atomic E-state index is 12.5. The minimum absolute atomic E-state index is 0.0352. The number of carbonyl (C=O) groups excluding carboxylic acids is 1. The Kier molecular flexibility index (Phi) is 6.99. The molecule has 1 fully saturated rings. The fourth-order valence-corrected chi connectivity index (χ4v) is 2.82. The molecule has 2 rings (SSSR count). The third-order valence-electron chi connectivity index (χ3n) is 4.93. The van der Waals surface area contributed by atoms with Gasteiger partial charge in [0.25, 0.3) is 0 Å². The van der Waals surface area contributed by atoms with Crippen LogP contribution in [0.15, 0.2) is 24.3 Å². The number of rotatable bonds is 6. The van der Waals surface area contributed by atoms with Gasteiger partial charge in [0.05, 0.1) is 19.3 Å². The molecule has 0 bridgehead atoms. The highest BCUT2D eigenvalue weighted by Crippen LogP contribution is 2.23. The van der Waals surface area contributed by atoms with Gasteiger partial charge in [-0.05, 0) is 37.1 Å². The number of nitrogens with zero attached hydrogens (tertiary/aromatic N) is 2. The molecular formula is C20H33N3O2. The van der Waals surface area contributed by atoms with Gasteiger partial charge in [-0.2, -0.15) is 0 Å². The second-order valence-electron chi connectivity index (χ2n) is 7.93. The van der Waals surface area contributed by atoms with Crippen molar-refractivity contribution < 1.29 is 9.53 Å². The average Bonchev–Trinajstić information content (AvgIpc) is 2.59. The number of ether oxygens (including phenoxy) is 1. The molecule has 1 aromatic rings. The molecule has 5 heteroatoms. The van der Waals surface area contributed by atoms with Gasteiger partial charge < -0.3 is 10.1 Å². The van der Waals surface area contributed by atoms with Crippen molar-refractivity contribution in [3.63, 3.8) is 0 Å². The monoisotopic (exact) mass is 347 g/mol. The molecule has 1 aromatic carbocycles. The number of morpholine rings is 1. The zero-order valence-corrected chi connectivity index (χ0v) is 16.3. The predicted octanol–water partition coefficient (Wildman–Crippen LogP) is 2.58. The molecule has 1 aliphatic heterocycles. The minimum Gasteiger partial charge on any atom is -0.379 e. The second kappa shape index (κ2) is 8.79. The number of likely N-dealkylation sites (N-methyl/N-ethyl adjacent to an activating group) is 1. The number of benzene rings is 1. The Morgan fingerprint density at radius 3 is 2.40 bits per heavy atom. The highest BCUT2D eigenvalue weighted by molar-refractivity contribution is 5.94. The number of anilines is 1. The molecule has 0 aromatic heterocycles. The summed E-state index contributed by atoms with van der Waals surface area (Å²) in [7, 11) is 2.01. The molecule has 1 amide bonds. The molecule has 1 aliphatic rings. The third-order valence-corrected chi connectivity index (χ3v) is 4.93. The first-order valence-corrected chi connectivity index (χ1v) is 9.19. The molecule has 0 saturated carbocycles. The smallest absolute Gasteiger partial charge is 0.241 e. The lowest BCUT2D eigenvalue weighted by Crippen LogP contribution is -2.45. The fraction of sp³-hybridized carbons (Fsp3) is 0.650. The van der Waals surface area contributed by atoms with E-state index in [0.717, 1.165) is 45.1 Å². The van der Waals surface area contributed by atoms with Crippen LogP contribution >= 0.6 is 0 Å². The van der Waals surface area contributed by atoms with Crippen molar-refractivity contribution in [2.75, 3.05) is 51.8 Å². The topological polar surface area (TPSA) is 44.8 Å². The standard InChI is InChI=1S/C20H33N3O2/c1-16(22(5)10-11-23-12-14-25-15-13-23)19(24)21-18-8-6-17(7-9-18)20(2,3)4/h6-9,16H,10-15H2,1-5H3,(H,21,24). The maximum Gasteiger partial charge on any atom is 0.241 e. The summed E-state index contributed by atoms with van der Waals surface area (Å²) in [5.74, 6) is 0.0352. The lowest BCUT2D eigenvalue weighted by molar-refractivity contribution is -0.120. The van der Waals surface area contributed by atoms with Crippen LogP contribution in [0.5, 0.6) is 0 Å². The van der Waals surface area contributed by atoms with Gasteiger partial charge >= 0.3 is 0 Å². The van der Waals surface area contributed by atoms with Gasteiger partial charge in [-0.3, -0.25) is 14.6 Å². The zero-order chi connectivity index (χ0) is 18.4. The second-order valence-corrected chi connectivity index (χ2v) is 7.93. The lowest BCUT2D eigenvalue weighted by atomic mass is 9.87. The lowest BCUT2D eigenvalue weighted by Gasteiger charge is -2.30. The first-order chi connectivity index (χ1) is 11.8. The Labute approximate surface area is 152 Å². The molecule has 140 valence electrons. The molecule has 25 heavy (non-hydrogen) atoms. The van der Waals surface area contributed by atoms with Crippen molar-refractivity contribution in [1.82, 2.24) is 9.80 Å². The quantitative estimate of drug-likeness (QED) is 0.859. The van der Waals surface area contributed by atoms with Gasteiger partial charge in [-0.25, -0.2) is 0 Å². The Bertz CT molecular complexity index is 545. The van der Waals surface area contributed by atoms with Gasteiger partial charge in [0.2, 0.25) is 5.91 Å². The van der Waals surface area contributed by atoms with Crippen molar-refractivity contribution >= 4 is 11.6 Å². The van der Waals surface area contributed by atoms with Crippen LogP contribution in [0.1, 0.15) is 33.3 Å². The van der Waals surface area contributed by atoms with E-state index in [-0.39, 0.29) is 17.4 Å². The first-order valence-electron chi connectivity index (χ1n) is 9.19. The van der Waals surface area contributed by atoms with Crippen LogP contribution in [0.2, 0.25) is 0 Å². The van der Waals surface area contributed by atoms with Gasteiger partial charge in [0.15, 0.2) is 0 Å². The number of hydrogen-bond acceptors (Lipinski definition) is 4. The van der Waals surface area contributed by atoms with Crippen LogP contribution < -0.4 is 5.32 Å². The van der Waals surface area contributed by atoms with E-state index < -0.39 is 0 Å². The average molecular weight is 348 g/mol. The molecular weight excluding hydrogens is 314 g/mol. The molecule has 1 N–H and O–H groups in total. The molecule has 1 saturated heterocycles. The Hall–Kier alpha value is -1.43. The summed E-state index contributed by atoms with van der Waals surface area (Å²) in [6, 6.07) is 7.98. The van der Waals surface area contributed by atoms with Crippen LogP contribution in [0.3, 0.4) is 0 Å². The van der Waals surface area contributed by atoms with E-state index >= 15 is 0 Å². The van der Waals surface area contributed by atoms with E-state index in [1.165, 1.54) is 5.56 Å². The summed E-state index contributed by atoms with van der Waals surface area (Å²) in [6.45, 7) is 13.9. The summed E-state index contributed by atoms with van der Waals surface area (Å²) in [5, 5.41) is 3.02. The van der Waals surface area contributed by atoms with E-state index in [4.69, 9.17) is 4.74 Å². The van der Waals surface area contributed by atoms with Crippen molar-refractivity contribution in [2.24, 2.45) is 0 Å². The number of hydrogen-bond donors (Lipinski definition) is 1. The molecule has 1 heterocycles. The molecule has 0 spiro atoms. The first kappa shape index (κ1) is 19.9. The normalized spacial score (nSPS) is 17.5. The van der Waals surface area contributed by atoms with Crippen molar-refractivity contribution in [2.45, 2.75) is 39.2 Å². The zero-order valence-electron chi connectivity index (χ0n) is 16.3. The van der Waals surface area contributed by atoms with Crippen molar-refractivity contribution in [3.8, 4) is 0 Å². The van der Waals surface area contributed by atoms with E-state index in [9.17, 15) is 4.79 Å². The number of amides is 1. The molecule has 1 unspecified atom stereocenters. The molecule has 0 radical (unpaired) electrons. The van der Waals surface area contributed by atoms with Crippen LogP contribution in [0.25, 0.3) is 0 Å². The SMILES string of the molecule is CC(C(=O)Nc1ccc(C(C)(C)C)cc1)N(C)CCN1CCOCC1. The summed E-state index contributed by atoms with van der Waals surface area (Å²) >= 11 is 0. The summed E-state index contributed by atoms with van der Waals surface area (Å²) in [5.41, 5.74) is 2.24. The van der Waals surface area contributed by atoms with E-state index in [1.54, 1.807) is 0 Å². The number of carbonyl (C=O) groups is 1. The predicted molar refractivity (Wildman–Crippen MR) is 103 cm³/mol. The summed E-state index contributed by atoms with van der Waals surface area (Å²) in [6.07, 6.45) is 0. The van der Waals surface area contributed by atoms with Gasteiger partial charge in [0.1, 0.15) is 0 Å². The van der Waals surface area contributed by atoms with Crippen LogP contribution in [0.4, 0.5) is 5.69 Å². The fourth-order valence-electron chi connectivity index (χ4n) is 2.82. The van der Waals surface area contributed by atoms with Gasteiger partial charge in [-0.1, -0.05) is 32.9 Å². The van der Waals surface area contributed by atoms with Crippen LogP contribution in [-0.2, 0) is 14.9 Å². The van der Waals surface area contributed by atoms with Crippen LogP contribution in [-0.4, -0.2) is 68.2 Å². The van der Waals surface area contributed by atoms with Crippen LogP contribution in [0, 0.1) is 0 Å². The largest absolute Gasteiger partial charge is 0.379 e. The van der Waals surface area contributed by atoms with E-state index in [2.05, 4.69) is 48.0 Å². The third kappa shape index (κ3) is 6.10. The summed E-state index contributed by atoms with van der Waals surface area (Å²) in [4.78, 5) is 17.0. The van der Waals surface area contributed by atoms with Gasteiger partial charge in [-0.15, -0.1) is 0 Å². The van der Waals surface area contributed by atoms with Crippen molar-refractivity contribution in [1.29, 1.82) is 0 Å². The van der Waals surface area contributed by atoms with E-state index in [0.29, 0.717) is 0 Å². The Balaban J connectivity index is 1.82. The Morgan fingerprint density at radius 1 is 1.24 bits per heavy atom. The molecule has 1 atom stereocenters. The van der Waals surface area contributed by atoms with Gasteiger partial charge in [0, 0.05) is 31.9 Å². The highest BCUT2D eigenvalue weighted by Gasteiger charge is 2.20. The highest BCUT2D eigenvalue weighted by atomic mass is 16.5. The minimum atomic E-state index is -0.164. The Morgan fingerprint density at radius 2 is 1.84 bits per heavy atom.